The van der Waals surface area contributed by atoms with Gasteiger partial charge in [0.15, 0.2) is 4.67 Å². The van der Waals surface area contributed by atoms with E-state index in [9.17, 15) is 18.3 Å². The van der Waals surface area contributed by atoms with Gasteiger partial charge in [-0.05, 0) is 22.9 Å². The van der Waals surface area contributed by atoms with E-state index < -0.39 is 45.4 Å². The molecule has 1 unspecified atom stereocenters. The number of carboxylic acids is 1. The Hall–Kier alpha value is -0.940. The number of furan rings is 1. The maximum absolute atomic E-state index is 11.9. The quantitative estimate of drug-likeness (QED) is 0.551. The molecule has 0 saturated heterocycles. The van der Waals surface area contributed by atoms with Crippen LogP contribution in [0.1, 0.15) is 17.5 Å². The van der Waals surface area contributed by atoms with E-state index in [-0.39, 0.29) is 4.67 Å². The molecular formula is C9H12BrNO7S. The average Bonchev–Trinajstić information content (AvgIpc) is 2.70. The van der Waals surface area contributed by atoms with Crippen LogP contribution >= 0.6 is 15.9 Å². The fourth-order valence-corrected chi connectivity index (χ4v) is 3.12. The highest BCUT2D eigenvalue weighted by Crippen LogP contribution is 2.26. The van der Waals surface area contributed by atoms with Crippen molar-refractivity contribution in [2.75, 3.05) is 13.2 Å². The smallest absolute Gasteiger partial charge is 0.371 e. The number of carboxylic acid groups (broad SMARTS) is 1. The van der Waals surface area contributed by atoms with Crippen LogP contribution in [-0.4, -0.2) is 48.5 Å². The summed E-state index contributed by atoms with van der Waals surface area (Å²) in [6, 6.07) is 0.836. The molecule has 1 rings (SSSR count). The Kier molecular flexibility index (Phi) is 4.74. The lowest BCUT2D eigenvalue weighted by Crippen LogP contribution is -2.43. The molecule has 8 nitrogen and oxygen atoms in total. The molecule has 10 heteroatoms. The molecule has 0 aromatic carbocycles. The van der Waals surface area contributed by atoms with Crippen LogP contribution in [0.5, 0.6) is 0 Å². The van der Waals surface area contributed by atoms with Gasteiger partial charge in [-0.2, -0.15) is 0 Å². The molecule has 0 aliphatic rings. The average molecular weight is 358 g/mol. The van der Waals surface area contributed by atoms with Gasteiger partial charge in [0.05, 0.1) is 12.2 Å². The Bertz CT molecular complexity index is 577. The first-order valence-electron chi connectivity index (χ1n) is 4.94. The number of aromatic carboxylic acids is 1. The Morgan fingerprint density at radius 3 is 2.58 bits per heavy atom. The molecule has 0 saturated carbocycles. The number of halogens is 1. The number of hydrogen-bond acceptors (Lipinski definition) is 6. The molecule has 0 aliphatic heterocycles. The van der Waals surface area contributed by atoms with Gasteiger partial charge in [0, 0.05) is 12.6 Å². The van der Waals surface area contributed by atoms with Crippen molar-refractivity contribution < 1.29 is 32.9 Å². The summed E-state index contributed by atoms with van der Waals surface area (Å²) in [5, 5.41) is 27.0. The van der Waals surface area contributed by atoms with Crippen molar-refractivity contribution in [2.24, 2.45) is 0 Å². The van der Waals surface area contributed by atoms with Crippen LogP contribution in [0.2, 0.25) is 0 Å². The summed E-state index contributed by atoms with van der Waals surface area (Å²) in [4.78, 5) is 10.2. The van der Waals surface area contributed by atoms with E-state index in [1.807, 2.05) is 4.72 Å². The Labute approximate surface area is 117 Å². The molecular weight excluding hydrogens is 346 g/mol. The van der Waals surface area contributed by atoms with E-state index in [2.05, 4.69) is 15.9 Å². The number of rotatable bonds is 6. The largest absolute Gasteiger partial charge is 0.475 e. The number of sulfonamides is 1. The van der Waals surface area contributed by atoms with E-state index in [1.54, 1.807) is 0 Å². The van der Waals surface area contributed by atoms with Crippen molar-refractivity contribution in [3.8, 4) is 0 Å². The Balaban J connectivity index is 2.98. The van der Waals surface area contributed by atoms with Crippen LogP contribution in [0, 0.1) is 0 Å². The van der Waals surface area contributed by atoms with E-state index in [1.165, 1.54) is 6.92 Å². The van der Waals surface area contributed by atoms with Crippen LogP contribution in [0.3, 0.4) is 0 Å². The molecule has 0 bridgehead atoms. The lowest BCUT2D eigenvalue weighted by molar-refractivity contribution is 0.00680. The minimum absolute atomic E-state index is 0.263. The number of aliphatic hydroxyl groups is 2. The summed E-state index contributed by atoms with van der Waals surface area (Å²) in [5.74, 6) is -1.95. The molecule has 1 aromatic rings. The van der Waals surface area contributed by atoms with Gasteiger partial charge in [0.25, 0.3) is 0 Å². The normalized spacial score (nSPS) is 15.2. The highest BCUT2D eigenvalue weighted by Gasteiger charge is 2.28. The minimum Gasteiger partial charge on any atom is -0.475 e. The molecule has 108 valence electrons. The van der Waals surface area contributed by atoms with Crippen LogP contribution in [0.15, 0.2) is 20.0 Å². The zero-order valence-electron chi connectivity index (χ0n) is 9.75. The van der Waals surface area contributed by atoms with E-state index in [0.717, 1.165) is 6.07 Å². The highest BCUT2D eigenvalue weighted by molar-refractivity contribution is 9.10. The van der Waals surface area contributed by atoms with Gasteiger partial charge in [-0.25, -0.2) is 17.9 Å². The number of hydrogen-bond donors (Lipinski definition) is 4. The van der Waals surface area contributed by atoms with Crippen LogP contribution in [0.4, 0.5) is 0 Å². The molecule has 0 radical (unpaired) electrons. The van der Waals surface area contributed by atoms with Crippen molar-refractivity contribution in [2.45, 2.75) is 17.4 Å². The van der Waals surface area contributed by atoms with Gasteiger partial charge in [0.2, 0.25) is 15.8 Å². The lowest BCUT2D eigenvalue weighted by atomic mass is 10.1. The SMILES string of the molecule is CC(O)(CO)CNS(=O)(=O)c1cc(C(=O)O)oc1Br. The Morgan fingerprint density at radius 2 is 2.16 bits per heavy atom. The monoisotopic (exact) mass is 357 g/mol. The summed E-state index contributed by atoms with van der Waals surface area (Å²) in [6.45, 7) is 0.164. The molecule has 1 heterocycles. The zero-order valence-corrected chi connectivity index (χ0v) is 12.2. The topological polar surface area (TPSA) is 137 Å². The molecule has 4 N–H and O–H groups in total. The van der Waals surface area contributed by atoms with Crippen LogP contribution in [-0.2, 0) is 10.0 Å². The maximum atomic E-state index is 11.9. The van der Waals surface area contributed by atoms with Crippen molar-refractivity contribution in [1.29, 1.82) is 0 Å². The maximum Gasteiger partial charge on any atom is 0.371 e. The van der Waals surface area contributed by atoms with Gasteiger partial charge in [-0.3, -0.25) is 0 Å². The van der Waals surface area contributed by atoms with Crippen molar-refractivity contribution >= 4 is 31.9 Å². The second-order valence-electron chi connectivity index (χ2n) is 4.03. The second kappa shape index (κ2) is 5.59. The predicted octanol–water partition coefficient (Wildman–Crippen LogP) is -0.238. The third kappa shape index (κ3) is 4.01. The summed E-state index contributed by atoms with van der Waals surface area (Å²) in [5.41, 5.74) is -1.63. The summed E-state index contributed by atoms with van der Waals surface area (Å²) in [6.07, 6.45) is 0. The molecule has 1 atom stereocenters. The van der Waals surface area contributed by atoms with E-state index in [0.29, 0.717) is 0 Å². The third-order valence-corrected chi connectivity index (χ3v) is 4.40. The first kappa shape index (κ1) is 16.1. The molecule has 1 aromatic heterocycles. The first-order valence-corrected chi connectivity index (χ1v) is 7.22. The third-order valence-electron chi connectivity index (χ3n) is 2.14. The van der Waals surface area contributed by atoms with Crippen molar-refractivity contribution in [3.05, 3.63) is 16.5 Å². The summed E-state index contributed by atoms with van der Waals surface area (Å²) >= 11 is 2.80. The molecule has 0 amide bonds. The second-order valence-corrected chi connectivity index (χ2v) is 6.49. The zero-order chi connectivity index (χ0) is 14.8. The number of nitrogens with one attached hydrogen (secondary N) is 1. The minimum atomic E-state index is -4.07. The lowest BCUT2D eigenvalue weighted by Gasteiger charge is -2.20. The Morgan fingerprint density at radius 1 is 1.58 bits per heavy atom. The first-order chi connectivity index (χ1) is 8.59. The fraction of sp³-hybridized carbons (Fsp3) is 0.444. The van der Waals surface area contributed by atoms with Gasteiger partial charge in [0.1, 0.15) is 4.90 Å². The highest BCUT2D eigenvalue weighted by atomic mass is 79.9. The fourth-order valence-electron chi connectivity index (χ4n) is 1.02. The van der Waals surface area contributed by atoms with E-state index in [4.69, 9.17) is 14.6 Å². The van der Waals surface area contributed by atoms with Gasteiger partial charge < -0.3 is 19.7 Å². The molecule has 0 spiro atoms. The van der Waals surface area contributed by atoms with Crippen LogP contribution in [0.25, 0.3) is 0 Å². The summed E-state index contributed by atoms with van der Waals surface area (Å²) < 4.78 is 30.2. The van der Waals surface area contributed by atoms with E-state index >= 15 is 0 Å². The molecule has 0 aliphatic carbocycles. The van der Waals surface area contributed by atoms with Gasteiger partial charge >= 0.3 is 5.97 Å². The van der Waals surface area contributed by atoms with Gasteiger partial charge in [-0.15, -0.1) is 0 Å². The summed E-state index contributed by atoms with van der Waals surface area (Å²) in [7, 11) is -4.07. The van der Waals surface area contributed by atoms with Crippen LogP contribution < -0.4 is 4.72 Å². The van der Waals surface area contributed by atoms with Crippen molar-refractivity contribution in [1.82, 2.24) is 4.72 Å². The number of aliphatic hydroxyl groups excluding tert-OH is 1. The predicted molar refractivity (Wildman–Crippen MR) is 66.3 cm³/mol. The molecule has 19 heavy (non-hydrogen) atoms. The number of carbonyl (C=O) groups is 1. The van der Waals surface area contributed by atoms with Crippen molar-refractivity contribution in [3.63, 3.8) is 0 Å². The standard InChI is InChI=1S/C9H12BrNO7S/c1-9(15,4-12)3-11-19(16,17)6-2-5(8(13)14)18-7(6)10/h2,11-12,15H,3-4H2,1H3,(H,13,14). The molecule has 0 fully saturated rings. The van der Waals surface area contributed by atoms with Gasteiger partial charge in [-0.1, -0.05) is 0 Å².